The Labute approximate surface area is 202 Å². The van der Waals surface area contributed by atoms with Gasteiger partial charge in [0, 0.05) is 26.3 Å². The van der Waals surface area contributed by atoms with E-state index in [4.69, 9.17) is 9.47 Å². The van der Waals surface area contributed by atoms with Crippen molar-refractivity contribution in [1.82, 2.24) is 20.4 Å². The maximum atomic E-state index is 13.5. The molecule has 8 heteroatoms. The van der Waals surface area contributed by atoms with E-state index in [9.17, 15) is 9.59 Å². The van der Waals surface area contributed by atoms with Crippen LogP contribution in [0.15, 0.2) is 12.3 Å². The Bertz CT molecular complexity index is 935. The van der Waals surface area contributed by atoms with Gasteiger partial charge in [-0.25, -0.2) is 4.68 Å². The van der Waals surface area contributed by atoms with Crippen molar-refractivity contribution in [2.45, 2.75) is 83.9 Å². The summed E-state index contributed by atoms with van der Waals surface area (Å²) in [5, 5.41) is 10.7. The van der Waals surface area contributed by atoms with Crippen LogP contribution in [0.3, 0.4) is 0 Å². The molecule has 1 aromatic rings. The van der Waals surface area contributed by atoms with Gasteiger partial charge in [-0.05, 0) is 75.7 Å². The number of carbonyl (C=O) groups excluding carboxylic acids is 2. The average Bonchev–Trinajstić information content (AvgIpc) is 3.15. The van der Waals surface area contributed by atoms with Crippen LogP contribution in [0, 0.1) is 23.7 Å². The first kappa shape index (κ1) is 24.8. The Morgan fingerprint density at radius 3 is 2.53 bits per heavy atom. The third-order valence-corrected chi connectivity index (χ3v) is 7.63. The van der Waals surface area contributed by atoms with Crippen LogP contribution in [0.25, 0.3) is 6.20 Å². The van der Waals surface area contributed by atoms with Crippen molar-refractivity contribution in [2.75, 3.05) is 13.7 Å². The van der Waals surface area contributed by atoms with Crippen LogP contribution in [-0.2, 0) is 9.53 Å². The highest BCUT2D eigenvalue weighted by Gasteiger charge is 2.56. The highest BCUT2D eigenvalue weighted by Crippen LogP contribution is 2.57. The van der Waals surface area contributed by atoms with Gasteiger partial charge in [0.1, 0.15) is 5.56 Å². The number of nitrogens with zero attached hydrogens (tertiary/aromatic N) is 2. The first-order valence-corrected chi connectivity index (χ1v) is 12.6. The van der Waals surface area contributed by atoms with Gasteiger partial charge >= 0.3 is 0 Å². The highest BCUT2D eigenvalue weighted by molar-refractivity contribution is 5.96. The van der Waals surface area contributed by atoms with Crippen LogP contribution in [0.4, 0.5) is 0 Å². The van der Waals surface area contributed by atoms with E-state index in [1.54, 1.807) is 17.1 Å². The standard InChI is InChI=1S/C26H40N4O4/c1-16(2)15-34-24-21(14-27-30(24)8-7-25(4,5)29-17(3)31)23(32)28-22-19-9-18-10-20(22)13-26(11-18,12-19)33-6/h7-8,14,16,18-20,22H,9-13,15H2,1-6H3,(H,28,32)(H,29,31)/b8-7+/t18?,19?,20?,22-,26-. The second-order valence-corrected chi connectivity index (χ2v) is 11.6. The monoisotopic (exact) mass is 472 g/mol. The predicted octanol–water partition coefficient (Wildman–Crippen LogP) is 3.63. The molecule has 0 radical (unpaired) electrons. The summed E-state index contributed by atoms with van der Waals surface area (Å²) in [6.45, 7) is 9.89. The molecule has 0 aliphatic heterocycles. The Balaban J connectivity index is 1.53. The van der Waals surface area contributed by atoms with Crippen LogP contribution < -0.4 is 15.4 Å². The van der Waals surface area contributed by atoms with E-state index in [0.717, 1.165) is 25.2 Å². The summed E-state index contributed by atoms with van der Waals surface area (Å²) < 4.78 is 13.6. The second kappa shape index (κ2) is 9.36. The molecule has 4 fully saturated rings. The molecule has 5 rings (SSSR count). The third-order valence-electron chi connectivity index (χ3n) is 7.63. The SMILES string of the molecule is CO[C@]12CC3CC(C1)[C@@H](NC(=O)c1cnn(/C=C/C(C)(C)NC(C)=O)c1OCC(C)C)C(C3)C2. The molecule has 0 spiro atoms. The van der Waals surface area contributed by atoms with Gasteiger partial charge in [0.25, 0.3) is 5.91 Å². The molecular formula is C26H40N4O4. The number of methoxy groups -OCH3 is 1. The van der Waals surface area contributed by atoms with E-state index in [0.29, 0.717) is 35.8 Å². The first-order valence-electron chi connectivity index (χ1n) is 12.6. The molecule has 4 bridgehead atoms. The molecule has 0 saturated heterocycles. The van der Waals surface area contributed by atoms with Crippen LogP contribution in [-0.4, -0.2) is 52.5 Å². The van der Waals surface area contributed by atoms with Gasteiger partial charge in [-0.3, -0.25) is 9.59 Å². The Morgan fingerprint density at radius 1 is 1.26 bits per heavy atom. The van der Waals surface area contributed by atoms with Crippen LogP contribution >= 0.6 is 0 Å². The summed E-state index contributed by atoms with van der Waals surface area (Å²) in [4.78, 5) is 24.9. The van der Waals surface area contributed by atoms with Crippen molar-refractivity contribution in [2.24, 2.45) is 23.7 Å². The normalized spacial score (nSPS) is 30.2. The number of hydrogen-bond donors (Lipinski definition) is 2. The number of hydrogen-bond acceptors (Lipinski definition) is 5. The van der Waals surface area contributed by atoms with Crippen LogP contribution in [0.1, 0.15) is 77.1 Å². The fourth-order valence-electron chi connectivity index (χ4n) is 6.42. The van der Waals surface area contributed by atoms with Crippen molar-refractivity contribution >= 4 is 18.0 Å². The summed E-state index contributed by atoms with van der Waals surface area (Å²) in [5.41, 5.74) is -0.106. The highest BCUT2D eigenvalue weighted by atomic mass is 16.5. The zero-order chi connectivity index (χ0) is 24.7. The molecule has 2 N–H and O–H groups in total. The van der Waals surface area contributed by atoms with E-state index in [-0.39, 0.29) is 23.5 Å². The van der Waals surface area contributed by atoms with Crippen LogP contribution in [0.2, 0.25) is 0 Å². The van der Waals surface area contributed by atoms with Gasteiger partial charge in [-0.15, -0.1) is 0 Å². The fourth-order valence-corrected chi connectivity index (χ4v) is 6.42. The summed E-state index contributed by atoms with van der Waals surface area (Å²) in [5.74, 6) is 2.12. The minimum atomic E-state index is -0.562. The maximum Gasteiger partial charge on any atom is 0.258 e. The lowest BCUT2D eigenvalue weighted by Gasteiger charge is -2.59. The van der Waals surface area contributed by atoms with Crippen molar-refractivity contribution in [3.63, 3.8) is 0 Å². The van der Waals surface area contributed by atoms with Crippen LogP contribution in [0.5, 0.6) is 5.88 Å². The van der Waals surface area contributed by atoms with Gasteiger partial charge < -0.3 is 20.1 Å². The average molecular weight is 473 g/mol. The summed E-state index contributed by atoms with van der Waals surface area (Å²) in [6, 6.07) is 0.169. The first-order chi connectivity index (χ1) is 16.0. The zero-order valence-electron chi connectivity index (χ0n) is 21.4. The van der Waals surface area contributed by atoms with Crippen molar-refractivity contribution in [1.29, 1.82) is 0 Å². The molecule has 2 amide bonds. The van der Waals surface area contributed by atoms with E-state index >= 15 is 0 Å². The van der Waals surface area contributed by atoms with Gasteiger partial charge in [0.15, 0.2) is 0 Å². The van der Waals surface area contributed by atoms with Crippen molar-refractivity contribution in [3.05, 3.63) is 17.8 Å². The lowest BCUT2D eigenvalue weighted by atomic mass is 9.52. The molecule has 2 unspecified atom stereocenters. The number of ether oxygens (including phenoxy) is 2. The number of aromatic nitrogens is 2. The van der Waals surface area contributed by atoms with Gasteiger partial charge in [0.05, 0.1) is 23.9 Å². The summed E-state index contributed by atoms with van der Waals surface area (Å²) >= 11 is 0. The molecular weight excluding hydrogens is 432 g/mol. The number of rotatable bonds is 9. The molecule has 34 heavy (non-hydrogen) atoms. The van der Waals surface area contributed by atoms with Gasteiger partial charge in [0.2, 0.25) is 11.8 Å². The van der Waals surface area contributed by atoms with Gasteiger partial charge in [-0.2, -0.15) is 5.10 Å². The van der Waals surface area contributed by atoms with Crippen molar-refractivity contribution < 1.29 is 19.1 Å². The molecule has 0 aromatic carbocycles. The van der Waals surface area contributed by atoms with E-state index in [2.05, 4.69) is 29.6 Å². The van der Waals surface area contributed by atoms with E-state index < -0.39 is 5.54 Å². The Kier molecular flexibility index (Phi) is 6.82. The fraction of sp³-hybridized carbons (Fsp3) is 0.731. The number of amides is 2. The summed E-state index contributed by atoms with van der Waals surface area (Å²) in [6.07, 6.45) is 10.7. The smallest absolute Gasteiger partial charge is 0.258 e. The quantitative estimate of drug-likeness (QED) is 0.572. The minimum absolute atomic E-state index is 0.0135. The third kappa shape index (κ3) is 5.16. The molecule has 188 valence electrons. The summed E-state index contributed by atoms with van der Waals surface area (Å²) in [7, 11) is 1.84. The number of carbonyl (C=O) groups is 2. The minimum Gasteiger partial charge on any atom is -0.477 e. The lowest BCUT2D eigenvalue weighted by Crippen LogP contribution is -2.62. The Hall–Kier alpha value is -2.35. The molecule has 4 aliphatic rings. The molecule has 4 aliphatic carbocycles. The molecule has 1 heterocycles. The zero-order valence-corrected chi connectivity index (χ0v) is 21.4. The molecule has 4 saturated carbocycles. The van der Waals surface area contributed by atoms with Crippen molar-refractivity contribution in [3.8, 4) is 5.88 Å². The largest absolute Gasteiger partial charge is 0.477 e. The molecule has 8 nitrogen and oxygen atoms in total. The predicted molar refractivity (Wildman–Crippen MR) is 130 cm³/mol. The molecule has 2 atom stereocenters. The Morgan fingerprint density at radius 2 is 1.94 bits per heavy atom. The lowest BCUT2D eigenvalue weighted by molar-refractivity contribution is -0.156. The maximum absolute atomic E-state index is 13.5. The second-order valence-electron chi connectivity index (χ2n) is 11.6. The van der Waals surface area contributed by atoms with E-state index in [1.165, 1.54) is 19.8 Å². The van der Waals surface area contributed by atoms with E-state index in [1.807, 2.05) is 27.0 Å². The van der Waals surface area contributed by atoms with Gasteiger partial charge in [-0.1, -0.05) is 13.8 Å². The molecule has 1 aromatic heterocycles. The topological polar surface area (TPSA) is 94.5 Å². The number of nitrogens with one attached hydrogen (secondary N) is 2.